The smallest absolute Gasteiger partial charge is 0.414 e. The maximum Gasteiger partial charge on any atom is 0.414 e. The number of hydrogen-bond donors (Lipinski definition) is 0. The third-order valence-corrected chi connectivity index (χ3v) is 4.88. The van der Waals surface area contributed by atoms with Gasteiger partial charge in [0.25, 0.3) is 0 Å². The molecule has 6 nitrogen and oxygen atoms in total. The van der Waals surface area contributed by atoms with Gasteiger partial charge in [-0.1, -0.05) is 23.2 Å². The monoisotopic (exact) mass is 427 g/mol. The van der Waals surface area contributed by atoms with Crippen molar-refractivity contribution in [3.63, 3.8) is 0 Å². The van der Waals surface area contributed by atoms with Crippen LogP contribution in [0.2, 0.25) is 10.0 Å². The first-order chi connectivity index (χ1) is 13.2. The summed E-state index contributed by atoms with van der Waals surface area (Å²) in [6.45, 7) is 5.47. The Kier molecular flexibility index (Phi) is 7.49. The van der Waals surface area contributed by atoms with Crippen molar-refractivity contribution in [1.29, 1.82) is 0 Å². The fourth-order valence-corrected chi connectivity index (χ4v) is 2.97. The Labute approximate surface area is 174 Å². The Bertz CT molecular complexity index is 815. The van der Waals surface area contributed by atoms with Crippen LogP contribution in [0, 0.1) is 5.92 Å². The van der Waals surface area contributed by atoms with Crippen molar-refractivity contribution < 1.29 is 23.9 Å². The van der Waals surface area contributed by atoms with Gasteiger partial charge in [-0.25, -0.2) is 4.79 Å². The van der Waals surface area contributed by atoms with E-state index in [0.29, 0.717) is 6.61 Å². The van der Waals surface area contributed by atoms with E-state index >= 15 is 0 Å². The van der Waals surface area contributed by atoms with Gasteiger partial charge < -0.3 is 9.47 Å². The number of carbonyl (C=O) groups excluding carboxylic acids is 3. The number of ketones is 2. The maximum absolute atomic E-state index is 13.2. The molecule has 1 aliphatic rings. The lowest BCUT2D eigenvalue weighted by Crippen LogP contribution is -2.31. The van der Waals surface area contributed by atoms with Gasteiger partial charge >= 0.3 is 6.09 Å². The lowest BCUT2D eigenvalue weighted by Gasteiger charge is -2.23. The summed E-state index contributed by atoms with van der Waals surface area (Å²) in [6.07, 6.45) is 1.60. The number of halogens is 2. The fourth-order valence-electron chi connectivity index (χ4n) is 2.52. The molecule has 1 fully saturated rings. The van der Waals surface area contributed by atoms with Crippen LogP contribution < -0.4 is 4.90 Å². The Balaban J connectivity index is 2.51. The highest BCUT2D eigenvalue weighted by atomic mass is 35.5. The number of amides is 1. The average molecular weight is 428 g/mol. The van der Waals surface area contributed by atoms with Crippen LogP contribution >= 0.6 is 23.2 Å². The van der Waals surface area contributed by atoms with Crippen LogP contribution in [-0.4, -0.2) is 37.4 Å². The molecule has 0 heterocycles. The highest BCUT2D eigenvalue weighted by Gasteiger charge is 2.36. The van der Waals surface area contributed by atoms with Crippen LogP contribution in [0.1, 0.15) is 44.0 Å². The molecule has 1 saturated carbocycles. The SMILES string of the molecule is CCO/C=C(\C(=O)c1ccc(Cl)c(Cl)c1N(C)C(=O)OC(C)C)C(=O)C1CC1. The number of anilines is 1. The molecule has 0 unspecified atom stereocenters. The van der Waals surface area contributed by atoms with Crippen molar-refractivity contribution in [2.45, 2.75) is 39.7 Å². The highest BCUT2D eigenvalue weighted by Crippen LogP contribution is 2.38. The van der Waals surface area contributed by atoms with E-state index in [1.54, 1.807) is 20.8 Å². The summed E-state index contributed by atoms with van der Waals surface area (Å²) in [5, 5.41) is 0.187. The largest absolute Gasteiger partial charge is 0.501 e. The van der Waals surface area contributed by atoms with Crippen LogP contribution in [0.3, 0.4) is 0 Å². The van der Waals surface area contributed by atoms with E-state index in [1.807, 2.05) is 0 Å². The van der Waals surface area contributed by atoms with Crippen molar-refractivity contribution in [1.82, 2.24) is 0 Å². The predicted octanol–water partition coefficient (Wildman–Crippen LogP) is 5.06. The zero-order chi connectivity index (χ0) is 21.0. The van der Waals surface area contributed by atoms with Gasteiger partial charge in [-0.15, -0.1) is 0 Å². The van der Waals surface area contributed by atoms with E-state index in [4.69, 9.17) is 32.7 Å². The van der Waals surface area contributed by atoms with Gasteiger partial charge in [-0.3, -0.25) is 14.5 Å². The first-order valence-electron chi connectivity index (χ1n) is 9.02. The summed E-state index contributed by atoms with van der Waals surface area (Å²) < 4.78 is 10.4. The number of benzene rings is 1. The Hall–Kier alpha value is -2.05. The molecule has 0 aliphatic heterocycles. The van der Waals surface area contributed by atoms with Crippen LogP contribution in [-0.2, 0) is 14.3 Å². The van der Waals surface area contributed by atoms with Crippen molar-refractivity contribution >= 4 is 46.5 Å². The van der Waals surface area contributed by atoms with Crippen LogP contribution in [0.25, 0.3) is 0 Å². The number of nitrogens with zero attached hydrogens (tertiary/aromatic N) is 1. The quantitative estimate of drug-likeness (QED) is 0.190. The number of rotatable bonds is 8. The van der Waals surface area contributed by atoms with Crippen molar-refractivity contribution in [2.75, 3.05) is 18.6 Å². The molecule has 0 bridgehead atoms. The van der Waals surface area contributed by atoms with E-state index in [9.17, 15) is 14.4 Å². The second-order valence-electron chi connectivity index (χ2n) is 6.70. The molecule has 0 N–H and O–H groups in total. The summed E-state index contributed by atoms with van der Waals surface area (Å²) in [5.41, 5.74) is 0.0722. The molecular weight excluding hydrogens is 405 g/mol. The second kappa shape index (κ2) is 9.43. The average Bonchev–Trinajstić information content (AvgIpc) is 3.47. The number of ether oxygens (including phenoxy) is 2. The molecule has 28 heavy (non-hydrogen) atoms. The van der Waals surface area contributed by atoms with Crippen molar-refractivity contribution in [3.8, 4) is 0 Å². The standard InChI is InChI=1S/C20H23Cl2NO5/c1-5-27-10-14(18(24)12-6-7-12)19(25)13-8-9-15(21)16(22)17(13)23(4)20(26)28-11(2)3/h8-12H,5-7H2,1-4H3/b14-10-. The van der Waals surface area contributed by atoms with Gasteiger partial charge in [0, 0.05) is 18.5 Å². The van der Waals surface area contributed by atoms with E-state index < -0.39 is 11.9 Å². The molecule has 0 aromatic heterocycles. The Morgan fingerprint density at radius 1 is 1.25 bits per heavy atom. The molecule has 0 atom stereocenters. The fraction of sp³-hybridized carbons (Fsp3) is 0.450. The lowest BCUT2D eigenvalue weighted by atomic mass is 9.97. The summed E-state index contributed by atoms with van der Waals surface area (Å²) in [7, 11) is 1.42. The van der Waals surface area contributed by atoms with Crippen molar-refractivity contribution in [2.24, 2.45) is 5.92 Å². The van der Waals surface area contributed by atoms with Gasteiger partial charge in [0.05, 0.1) is 34.7 Å². The lowest BCUT2D eigenvalue weighted by molar-refractivity contribution is -0.116. The molecule has 2 rings (SSSR count). The Morgan fingerprint density at radius 2 is 1.89 bits per heavy atom. The minimum atomic E-state index is -0.697. The second-order valence-corrected chi connectivity index (χ2v) is 7.49. The predicted molar refractivity (Wildman–Crippen MR) is 108 cm³/mol. The molecule has 152 valence electrons. The number of allylic oxidation sites excluding steroid dienone is 1. The minimum absolute atomic E-state index is 0.0188. The molecule has 0 saturated heterocycles. The molecule has 1 amide bonds. The number of carbonyl (C=O) groups is 3. The third-order valence-electron chi connectivity index (χ3n) is 4.09. The third kappa shape index (κ3) is 5.06. The normalized spacial score (nSPS) is 14.0. The van der Waals surface area contributed by atoms with Crippen molar-refractivity contribution in [3.05, 3.63) is 39.6 Å². The molecular formula is C20H23Cl2NO5. The van der Waals surface area contributed by atoms with Gasteiger partial charge in [-0.2, -0.15) is 0 Å². The zero-order valence-electron chi connectivity index (χ0n) is 16.3. The van der Waals surface area contributed by atoms with Gasteiger partial charge in [0.2, 0.25) is 5.78 Å². The summed E-state index contributed by atoms with van der Waals surface area (Å²) >= 11 is 12.4. The summed E-state index contributed by atoms with van der Waals surface area (Å²) in [6, 6.07) is 2.88. The Morgan fingerprint density at radius 3 is 2.43 bits per heavy atom. The number of hydrogen-bond acceptors (Lipinski definition) is 5. The van der Waals surface area contributed by atoms with Gasteiger partial charge in [0.1, 0.15) is 5.57 Å². The van der Waals surface area contributed by atoms with E-state index in [2.05, 4.69) is 0 Å². The van der Waals surface area contributed by atoms with Crippen LogP contribution in [0.15, 0.2) is 24.0 Å². The highest BCUT2D eigenvalue weighted by molar-refractivity contribution is 6.45. The summed E-state index contributed by atoms with van der Waals surface area (Å²) in [5.74, 6) is -1.03. The molecule has 0 spiro atoms. The van der Waals surface area contributed by atoms with Gasteiger partial charge in [-0.05, 0) is 45.7 Å². The molecule has 0 radical (unpaired) electrons. The van der Waals surface area contributed by atoms with Crippen LogP contribution in [0.4, 0.5) is 10.5 Å². The van der Waals surface area contributed by atoms with E-state index in [1.165, 1.54) is 25.4 Å². The van der Waals surface area contributed by atoms with E-state index in [0.717, 1.165) is 17.7 Å². The van der Waals surface area contributed by atoms with Gasteiger partial charge in [0.15, 0.2) is 5.78 Å². The molecule has 1 aromatic rings. The first kappa shape index (κ1) is 22.2. The minimum Gasteiger partial charge on any atom is -0.501 e. The molecule has 8 heteroatoms. The summed E-state index contributed by atoms with van der Waals surface area (Å²) in [4.78, 5) is 39.3. The topological polar surface area (TPSA) is 72.9 Å². The van der Waals surface area contributed by atoms with Crippen LogP contribution in [0.5, 0.6) is 0 Å². The number of Topliss-reactive ketones (excluding diaryl/α,β-unsaturated/α-hetero) is 2. The van der Waals surface area contributed by atoms with E-state index in [-0.39, 0.29) is 44.7 Å². The first-order valence-corrected chi connectivity index (χ1v) is 9.77. The zero-order valence-corrected chi connectivity index (χ0v) is 17.8. The molecule has 1 aromatic carbocycles. The molecule has 1 aliphatic carbocycles. The maximum atomic E-state index is 13.2.